The maximum Gasteiger partial charge on any atom is 0.408 e. The Balaban J connectivity index is 1.90. The summed E-state index contributed by atoms with van der Waals surface area (Å²) >= 11 is 0. The van der Waals surface area contributed by atoms with Gasteiger partial charge in [0.2, 0.25) is 11.8 Å². The summed E-state index contributed by atoms with van der Waals surface area (Å²) < 4.78 is 10.9. The molecule has 4 N–H and O–H groups in total. The molecule has 0 aromatic heterocycles. The van der Waals surface area contributed by atoms with Crippen LogP contribution in [0.3, 0.4) is 0 Å². The summed E-state index contributed by atoms with van der Waals surface area (Å²) in [4.78, 5) is 59.7. The van der Waals surface area contributed by atoms with E-state index in [0.29, 0.717) is 51.5 Å². The number of likely N-dealkylation sites (tertiary alicyclic amines) is 1. The van der Waals surface area contributed by atoms with Crippen LogP contribution in [-0.4, -0.2) is 105 Å². The van der Waals surface area contributed by atoms with Gasteiger partial charge in [-0.05, 0) is 138 Å². The molecule has 14 nitrogen and oxygen atoms in total. The zero-order valence-corrected chi connectivity index (χ0v) is 37.7. The standard InChI is InChI=1S/C45H74N6O8/c1-30(2)26-33(48-41(56)59-43(6,7)8)23-22-32(27-31-18-14-13-15-19-31)39(54)50-25-17-21-36(50)38(53)49-35(20-16-24-46-40(55)58-42(3,4)5)37(52)47-34-28-44(9,10)51(57)45(11,12)29-34/h13-15,18-19,22-23,30,32-36,57H,16-17,20-21,24-29H2,1-12H3,(H,46,55)(H,47,52)(H,48,56)(H,49,53)/p-1/b23-22+/t32-,33-,35+,36-/m1/s1. The van der Waals surface area contributed by atoms with Crippen molar-refractivity contribution in [1.29, 1.82) is 0 Å². The number of nitrogens with one attached hydrogen (secondary N) is 3. The number of benzene rings is 1. The molecule has 332 valence electrons. The first-order valence-corrected chi connectivity index (χ1v) is 21.3. The smallest absolute Gasteiger partial charge is 0.408 e. The molecule has 1 aromatic rings. The lowest BCUT2D eigenvalue weighted by molar-refractivity contribution is -0.246. The van der Waals surface area contributed by atoms with Crippen molar-refractivity contribution in [2.45, 2.75) is 181 Å². The van der Waals surface area contributed by atoms with Gasteiger partial charge in [0.25, 0.3) is 0 Å². The van der Waals surface area contributed by atoms with Crippen molar-refractivity contribution in [3.63, 3.8) is 0 Å². The van der Waals surface area contributed by atoms with Gasteiger partial charge in [-0.2, -0.15) is 5.06 Å². The maximum absolute atomic E-state index is 14.5. The van der Waals surface area contributed by atoms with Crippen molar-refractivity contribution >= 4 is 29.9 Å². The zero-order valence-electron chi connectivity index (χ0n) is 37.7. The summed E-state index contributed by atoms with van der Waals surface area (Å²) in [7, 11) is 0. The van der Waals surface area contributed by atoms with Crippen LogP contribution in [0, 0.1) is 11.8 Å². The molecule has 0 aliphatic carbocycles. The number of carbonyl (C=O) groups excluding carboxylic acids is 4. The van der Waals surface area contributed by atoms with Crippen LogP contribution in [0.4, 0.5) is 9.59 Å². The van der Waals surface area contributed by atoms with Crippen LogP contribution in [0.1, 0.15) is 134 Å². The van der Waals surface area contributed by atoms with E-state index in [1.54, 1.807) is 46.4 Å². The fraction of sp³-hybridized carbons (Fsp3) is 0.711. The third kappa shape index (κ3) is 16.4. The minimum Gasteiger partial charge on any atom is -0.861 e. The normalized spacial score (nSPS) is 20.5. The van der Waals surface area contributed by atoms with Gasteiger partial charge in [0.1, 0.15) is 17.2 Å². The number of piperidine rings is 1. The number of ether oxygens (including phenoxy) is 2. The van der Waals surface area contributed by atoms with Crippen LogP contribution in [-0.2, 0) is 25.5 Å². The first-order chi connectivity index (χ1) is 27.3. The van der Waals surface area contributed by atoms with E-state index in [1.165, 1.54) is 5.06 Å². The van der Waals surface area contributed by atoms with Gasteiger partial charge in [-0.1, -0.05) is 56.3 Å². The average molecular weight is 826 g/mol. The van der Waals surface area contributed by atoms with Crippen molar-refractivity contribution in [1.82, 2.24) is 25.9 Å². The molecular weight excluding hydrogens is 753 g/mol. The molecule has 0 saturated carbocycles. The van der Waals surface area contributed by atoms with Gasteiger partial charge in [-0.3, -0.25) is 14.6 Å². The number of nitrogens with zero attached hydrogens (tertiary/aromatic N) is 3. The fourth-order valence-electron chi connectivity index (χ4n) is 7.99. The summed E-state index contributed by atoms with van der Waals surface area (Å²) in [6.45, 7) is 23.0. The number of hydroxylamine groups is 2. The average Bonchev–Trinajstić information content (AvgIpc) is 3.58. The predicted molar refractivity (Wildman–Crippen MR) is 228 cm³/mol. The van der Waals surface area contributed by atoms with Crippen LogP contribution >= 0.6 is 0 Å². The molecule has 2 saturated heterocycles. The topological polar surface area (TPSA) is 185 Å². The van der Waals surface area contributed by atoms with E-state index in [2.05, 4.69) is 34.8 Å². The SMILES string of the molecule is CC(C)C[C@@H](/C=C/[C@H](Cc1ccccc1)C(=O)N1CCC[C@@H]1C([O-])=N[C@@H](CCCNC(=O)OC(C)(C)C)C(=O)NC1CC(C)(C)N(O)C(C)(C)C1)NC(=O)OC(C)(C)C. The molecule has 4 atom stereocenters. The lowest BCUT2D eigenvalue weighted by atomic mass is 9.79. The molecule has 1 aromatic carbocycles. The Labute approximate surface area is 352 Å². The third-order valence-corrected chi connectivity index (χ3v) is 10.3. The first-order valence-electron chi connectivity index (χ1n) is 21.3. The first kappa shape index (κ1) is 49.2. The Hall–Kier alpha value is -4.17. The van der Waals surface area contributed by atoms with Crippen molar-refractivity contribution in [2.24, 2.45) is 16.8 Å². The number of amides is 4. The quantitative estimate of drug-likeness (QED) is 0.0644. The second kappa shape index (κ2) is 20.9. The second-order valence-electron chi connectivity index (χ2n) is 19.9. The Morgan fingerprint density at radius 2 is 1.54 bits per heavy atom. The molecule has 4 amide bonds. The molecular formula is C45H73N6O8-. The van der Waals surface area contributed by atoms with E-state index in [4.69, 9.17) is 9.47 Å². The predicted octanol–water partition coefficient (Wildman–Crippen LogP) is 6.29. The highest BCUT2D eigenvalue weighted by Crippen LogP contribution is 2.37. The van der Waals surface area contributed by atoms with Crippen LogP contribution in [0.25, 0.3) is 0 Å². The van der Waals surface area contributed by atoms with E-state index in [9.17, 15) is 29.5 Å². The summed E-state index contributed by atoms with van der Waals surface area (Å²) in [6, 6.07) is 7.03. The van der Waals surface area contributed by atoms with Crippen LogP contribution < -0.4 is 21.1 Å². The zero-order chi connectivity index (χ0) is 44.3. The van der Waals surface area contributed by atoms with E-state index in [0.717, 1.165) is 5.56 Å². The summed E-state index contributed by atoms with van der Waals surface area (Å²) in [5, 5.41) is 35.1. The summed E-state index contributed by atoms with van der Waals surface area (Å²) in [5.74, 6) is -1.62. The molecule has 2 aliphatic rings. The Kier molecular flexibility index (Phi) is 17.4. The van der Waals surface area contributed by atoms with Gasteiger partial charge in [0.15, 0.2) is 0 Å². The Bertz CT molecular complexity index is 1600. The molecule has 14 heteroatoms. The minimum absolute atomic E-state index is 0.168. The molecule has 0 bridgehead atoms. The maximum atomic E-state index is 14.5. The van der Waals surface area contributed by atoms with Crippen molar-refractivity contribution in [3.8, 4) is 0 Å². The van der Waals surface area contributed by atoms with E-state index < -0.39 is 70.3 Å². The van der Waals surface area contributed by atoms with Crippen molar-refractivity contribution in [2.75, 3.05) is 13.1 Å². The third-order valence-electron chi connectivity index (χ3n) is 10.3. The lowest BCUT2D eigenvalue weighted by Gasteiger charge is -2.51. The molecule has 59 heavy (non-hydrogen) atoms. The van der Waals surface area contributed by atoms with Crippen LogP contribution in [0.5, 0.6) is 0 Å². The molecule has 0 radical (unpaired) electrons. The van der Waals surface area contributed by atoms with Crippen LogP contribution in [0.15, 0.2) is 47.5 Å². The van der Waals surface area contributed by atoms with Crippen molar-refractivity contribution in [3.05, 3.63) is 48.0 Å². The number of carbonyl (C=O) groups is 4. The van der Waals surface area contributed by atoms with Crippen molar-refractivity contribution < 1.29 is 39.0 Å². The Morgan fingerprint density at radius 1 is 0.949 bits per heavy atom. The molecule has 0 spiro atoms. The number of hydrogen-bond donors (Lipinski definition) is 4. The summed E-state index contributed by atoms with van der Waals surface area (Å²) in [6.07, 6.45) is 6.00. The lowest BCUT2D eigenvalue weighted by Crippen LogP contribution is -2.63. The molecule has 2 heterocycles. The number of rotatable bonds is 16. The molecule has 0 unspecified atom stereocenters. The molecule has 3 rings (SSSR count). The van der Waals surface area contributed by atoms with E-state index in [-0.39, 0.29) is 30.8 Å². The fourth-order valence-corrected chi connectivity index (χ4v) is 7.99. The van der Waals surface area contributed by atoms with Gasteiger partial charge in [-0.15, -0.1) is 0 Å². The highest BCUT2D eigenvalue weighted by Gasteiger charge is 2.46. The largest absolute Gasteiger partial charge is 0.861 e. The molecule has 2 aliphatic heterocycles. The second-order valence-corrected chi connectivity index (χ2v) is 19.9. The van der Waals surface area contributed by atoms with Gasteiger partial charge >= 0.3 is 12.2 Å². The summed E-state index contributed by atoms with van der Waals surface area (Å²) in [5.41, 5.74) is -1.64. The monoisotopic (exact) mass is 826 g/mol. The number of aliphatic imine (C=N–C) groups is 1. The van der Waals surface area contributed by atoms with E-state index in [1.807, 2.05) is 70.2 Å². The van der Waals surface area contributed by atoms with E-state index >= 15 is 0 Å². The van der Waals surface area contributed by atoms with Crippen LogP contribution in [0.2, 0.25) is 0 Å². The highest BCUT2D eigenvalue weighted by atomic mass is 16.6. The van der Waals surface area contributed by atoms with Gasteiger partial charge < -0.3 is 40.6 Å². The van der Waals surface area contributed by atoms with Gasteiger partial charge in [0, 0.05) is 30.2 Å². The molecule has 2 fully saturated rings. The number of alkyl carbamates (subject to hydrolysis) is 2. The Morgan fingerprint density at radius 3 is 2.12 bits per heavy atom. The van der Waals surface area contributed by atoms with Gasteiger partial charge in [-0.25, -0.2) is 9.59 Å². The van der Waals surface area contributed by atoms with Gasteiger partial charge in [0.05, 0.1) is 18.0 Å². The number of hydrogen-bond acceptors (Lipinski definition) is 10. The highest BCUT2D eigenvalue weighted by molar-refractivity contribution is 5.90. The minimum atomic E-state index is -1.07.